The quantitative estimate of drug-likeness (QED) is 0.105. The standard InChI is InChI=1S/C41H40Cl2F3N3O7/c42-31-21-48(53)22-32(43)30(31)19-29(25-12-13-35(55-40(45)46)36(18-25)54-27-7-1-2-8-27)38-26(6-5-9-28(38)39(50)51)20-49(34-11-4-3-10-33(34)44)41(52)56-37-23-47-16-14-24(37)15-17-47/h3-6,9-13,18,21-22,24,27,29,37,40H,1-2,7-8,14-17,19-20,23H2,(H,50,51)/t29-,37-/m0/s1. The second-order valence-electron chi connectivity index (χ2n) is 14.4. The fourth-order valence-corrected chi connectivity index (χ4v) is 8.80. The van der Waals surface area contributed by atoms with Gasteiger partial charge in [0.05, 0.1) is 23.9 Å². The van der Waals surface area contributed by atoms with Crippen LogP contribution >= 0.6 is 23.2 Å². The van der Waals surface area contributed by atoms with Gasteiger partial charge in [0.25, 0.3) is 0 Å². The summed E-state index contributed by atoms with van der Waals surface area (Å²) in [7, 11) is 0. The molecule has 2 bridgehead atoms. The highest BCUT2D eigenvalue weighted by Crippen LogP contribution is 2.42. The zero-order chi connectivity index (χ0) is 39.5. The number of amides is 1. The van der Waals surface area contributed by atoms with E-state index < -0.39 is 36.5 Å². The van der Waals surface area contributed by atoms with E-state index in [2.05, 4.69) is 4.90 Å². The van der Waals surface area contributed by atoms with E-state index in [0.717, 1.165) is 56.1 Å². The molecule has 1 aromatic heterocycles. The second-order valence-corrected chi connectivity index (χ2v) is 15.3. The summed E-state index contributed by atoms with van der Waals surface area (Å²) in [4.78, 5) is 30.7. The van der Waals surface area contributed by atoms with Gasteiger partial charge in [-0.1, -0.05) is 53.5 Å². The number of hydrogen-bond donors (Lipinski definition) is 1. The number of rotatable bonds is 13. The predicted octanol–water partition coefficient (Wildman–Crippen LogP) is 9.00. The van der Waals surface area contributed by atoms with Crippen molar-refractivity contribution >= 4 is 41.0 Å². The summed E-state index contributed by atoms with van der Waals surface area (Å²) in [5.74, 6) is -2.96. The van der Waals surface area contributed by atoms with Gasteiger partial charge in [-0.15, -0.1) is 0 Å². The number of anilines is 1. The molecule has 3 aliphatic heterocycles. The Balaban J connectivity index is 1.36. The number of carboxylic acid groups (broad SMARTS) is 1. The summed E-state index contributed by atoms with van der Waals surface area (Å²) >= 11 is 13.2. The van der Waals surface area contributed by atoms with Crippen LogP contribution in [0.3, 0.4) is 0 Å². The molecular formula is C41H40Cl2F3N3O7. The van der Waals surface area contributed by atoms with Gasteiger partial charge in [0.2, 0.25) is 0 Å². The summed E-state index contributed by atoms with van der Waals surface area (Å²) < 4.78 is 60.5. The van der Waals surface area contributed by atoms with E-state index in [9.17, 15) is 28.7 Å². The van der Waals surface area contributed by atoms with Gasteiger partial charge in [-0.2, -0.15) is 13.5 Å². The fourth-order valence-electron chi connectivity index (χ4n) is 8.20. The highest BCUT2D eigenvalue weighted by Gasteiger charge is 2.38. The molecule has 3 aromatic carbocycles. The first-order valence-electron chi connectivity index (χ1n) is 18.6. The minimum absolute atomic E-state index is 0.000945. The average molecular weight is 815 g/mol. The van der Waals surface area contributed by atoms with Gasteiger partial charge in [-0.25, -0.2) is 14.0 Å². The van der Waals surface area contributed by atoms with Crippen molar-refractivity contribution in [2.75, 3.05) is 24.5 Å². The van der Waals surface area contributed by atoms with Crippen LogP contribution in [-0.4, -0.2) is 60.5 Å². The molecule has 10 nitrogen and oxygen atoms in total. The topological polar surface area (TPSA) is 115 Å². The average Bonchev–Trinajstić information content (AvgIpc) is 3.68. The van der Waals surface area contributed by atoms with Crippen LogP contribution in [0.25, 0.3) is 0 Å². The minimum Gasteiger partial charge on any atom is -0.619 e. The number of piperidine rings is 3. The summed E-state index contributed by atoms with van der Waals surface area (Å²) in [6, 6.07) is 14.7. The second kappa shape index (κ2) is 17.2. The van der Waals surface area contributed by atoms with E-state index in [0.29, 0.717) is 40.8 Å². The lowest BCUT2D eigenvalue weighted by molar-refractivity contribution is -0.605. The van der Waals surface area contributed by atoms with E-state index >= 15 is 4.39 Å². The number of aromatic carboxylic acids is 1. The summed E-state index contributed by atoms with van der Waals surface area (Å²) in [6.45, 7) is -1.08. The predicted molar refractivity (Wildman–Crippen MR) is 202 cm³/mol. The Morgan fingerprint density at radius 1 is 0.964 bits per heavy atom. The van der Waals surface area contributed by atoms with Crippen molar-refractivity contribution < 1.29 is 46.8 Å². The highest BCUT2D eigenvalue weighted by molar-refractivity contribution is 6.35. The molecule has 3 saturated heterocycles. The first-order chi connectivity index (χ1) is 26.9. The third kappa shape index (κ3) is 8.80. The zero-order valence-electron chi connectivity index (χ0n) is 30.2. The molecule has 1 amide bonds. The molecule has 0 radical (unpaired) electrons. The van der Waals surface area contributed by atoms with E-state index in [1.54, 1.807) is 12.1 Å². The number of fused-ring (bicyclic) bond motifs is 3. The molecule has 1 aliphatic carbocycles. The molecule has 4 fully saturated rings. The van der Waals surface area contributed by atoms with E-state index in [1.807, 2.05) is 0 Å². The smallest absolute Gasteiger partial charge is 0.415 e. The van der Waals surface area contributed by atoms with Gasteiger partial charge in [0.1, 0.15) is 22.0 Å². The monoisotopic (exact) mass is 813 g/mol. The van der Waals surface area contributed by atoms with Gasteiger partial charge in [-0.3, -0.25) is 9.80 Å². The SMILES string of the molecule is O=C(O)c1cccc(CN(C(=O)O[C@H]2CN3CCC2CC3)c2ccccc2F)c1[C@@H](Cc1c(Cl)c[n+]([O-])cc1Cl)c1ccc(OC(F)F)c(OC2CCCC2)c1. The van der Waals surface area contributed by atoms with Gasteiger partial charge in [0, 0.05) is 18.0 Å². The van der Waals surface area contributed by atoms with Crippen LogP contribution in [0, 0.1) is 16.9 Å². The van der Waals surface area contributed by atoms with Crippen LogP contribution < -0.4 is 19.1 Å². The van der Waals surface area contributed by atoms with Crippen LogP contribution in [-0.2, 0) is 17.7 Å². The number of ether oxygens (including phenoxy) is 3. The van der Waals surface area contributed by atoms with Gasteiger partial charge in [-0.05, 0) is 111 Å². The minimum atomic E-state index is -3.15. The van der Waals surface area contributed by atoms with Crippen molar-refractivity contribution in [3.05, 3.63) is 122 Å². The van der Waals surface area contributed by atoms with Crippen LogP contribution in [0.1, 0.15) is 77.1 Å². The van der Waals surface area contributed by atoms with Crippen LogP contribution in [0.2, 0.25) is 10.0 Å². The first kappa shape index (κ1) is 39.5. The molecule has 4 heterocycles. The van der Waals surface area contributed by atoms with Crippen molar-refractivity contribution in [2.45, 2.75) is 76.2 Å². The maximum absolute atomic E-state index is 15.6. The number of carbonyl (C=O) groups excluding carboxylic acids is 1. The van der Waals surface area contributed by atoms with E-state index in [1.165, 1.54) is 48.5 Å². The molecule has 4 aromatic rings. The lowest BCUT2D eigenvalue weighted by atomic mass is 9.80. The van der Waals surface area contributed by atoms with E-state index in [4.69, 9.17) is 37.4 Å². The molecule has 0 unspecified atom stereocenters. The van der Waals surface area contributed by atoms with Crippen molar-refractivity contribution in [3.8, 4) is 11.5 Å². The number of carbonyl (C=O) groups is 2. The third-order valence-corrected chi connectivity index (χ3v) is 11.6. The van der Waals surface area contributed by atoms with Crippen molar-refractivity contribution in [3.63, 3.8) is 0 Å². The van der Waals surface area contributed by atoms with Gasteiger partial charge < -0.3 is 24.5 Å². The molecule has 0 spiro atoms. The summed E-state index contributed by atoms with van der Waals surface area (Å²) in [6.07, 6.45) is 5.64. The van der Waals surface area contributed by atoms with Crippen molar-refractivity contribution in [2.24, 2.45) is 5.92 Å². The Bertz CT molecular complexity index is 2060. The Morgan fingerprint density at radius 2 is 1.68 bits per heavy atom. The third-order valence-electron chi connectivity index (χ3n) is 11.0. The molecule has 296 valence electrons. The molecule has 1 saturated carbocycles. The lowest BCUT2D eigenvalue weighted by Crippen LogP contribution is -2.53. The first-order valence-corrected chi connectivity index (χ1v) is 19.3. The lowest BCUT2D eigenvalue weighted by Gasteiger charge is -2.44. The number of alkyl halides is 2. The Hall–Kier alpha value is -4.72. The number of aromatic nitrogens is 1. The number of benzene rings is 3. The largest absolute Gasteiger partial charge is 0.619 e. The zero-order valence-corrected chi connectivity index (χ0v) is 31.7. The Kier molecular flexibility index (Phi) is 12.1. The van der Waals surface area contributed by atoms with Crippen molar-refractivity contribution in [1.82, 2.24) is 4.90 Å². The normalized spacial score (nSPS) is 19.9. The number of nitrogens with zero attached hydrogens (tertiary/aromatic N) is 3. The Labute approximate surface area is 331 Å². The highest BCUT2D eigenvalue weighted by atomic mass is 35.5. The Morgan fingerprint density at radius 3 is 2.32 bits per heavy atom. The van der Waals surface area contributed by atoms with Crippen LogP contribution in [0.15, 0.2) is 73.1 Å². The van der Waals surface area contributed by atoms with Crippen LogP contribution in [0.5, 0.6) is 11.5 Å². The summed E-state index contributed by atoms with van der Waals surface area (Å²) in [5.41, 5.74) is 1.01. The molecule has 15 heteroatoms. The van der Waals surface area contributed by atoms with Crippen molar-refractivity contribution in [1.29, 1.82) is 0 Å². The van der Waals surface area contributed by atoms with Gasteiger partial charge in [0.15, 0.2) is 23.9 Å². The number of para-hydroxylation sites is 1. The fraction of sp³-hybridized carbons (Fsp3) is 0.390. The number of hydrogen-bond acceptors (Lipinski definition) is 7. The molecule has 2 atom stereocenters. The molecule has 4 aliphatic rings. The molecule has 1 N–H and O–H groups in total. The number of halogens is 5. The van der Waals surface area contributed by atoms with Crippen LogP contribution in [0.4, 0.5) is 23.7 Å². The number of carboxylic acids is 1. The maximum Gasteiger partial charge on any atom is 0.415 e. The molecular weight excluding hydrogens is 774 g/mol. The van der Waals surface area contributed by atoms with E-state index in [-0.39, 0.29) is 63.3 Å². The molecule has 8 rings (SSSR count). The van der Waals surface area contributed by atoms with Gasteiger partial charge >= 0.3 is 18.7 Å². The summed E-state index contributed by atoms with van der Waals surface area (Å²) in [5, 5.41) is 22.9. The molecule has 56 heavy (non-hydrogen) atoms. The number of pyridine rings is 1. The maximum atomic E-state index is 15.6.